The normalized spacial score (nSPS) is 10.5. The van der Waals surface area contributed by atoms with Crippen LogP contribution in [0, 0.1) is 0 Å². The number of aromatic nitrogens is 4. The Morgan fingerprint density at radius 1 is 1.56 bits per heavy atom. The summed E-state index contributed by atoms with van der Waals surface area (Å²) in [7, 11) is 0. The molecular formula is C9H12N6O3. The third-order valence-electron chi connectivity index (χ3n) is 2.39. The Morgan fingerprint density at radius 2 is 2.33 bits per heavy atom. The van der Waals surface area contributed by atoms with Crippen LogP contribution in [-0.4, -0.2) is 19.7 Å². The molecule has 0 bridgehead atoms. The summed E-state index contributed by atoms with van der Waals surface area (Å²) in [6.45, 7) is 2.28. The van der Waals surface area contributed by atoms with Gasteiger partial charge in [0.2, 0.25) is 6.39 Å². The predicted molar refractivity (Wildman–Crippen MR) is 63.0 cm³/mol. The Kier molecular flexibility index (Phi) is 3.13. The number of aromatic amines is 1. The second-order valence-electron chi connectivity index (χ2n) is 3.46. The summed E-state index contributed by atoms with van der Waals surface area (Å²) in [5.74, 6) is 0.456. The van der Waals surface area contributed by atoms with Gasteiger partial charge in [0, 0.05) is 6.54 Å². The maximum absolute atomic E-state index is 11.6. The zero-order valence-corrected chi connectivity index (χ0v) is 9.64. The van der Waals surface area contributed by atoms with Crippen molar-refractivity contribution in [3.8, 4) is 0 Å². The van der Waals surface area contributed by atoms with Crippen LogP contribution < -0.4 is 22.3 Å². The van der Waals surface area contributed by atoms with E-state index in [1.165, 1.54) is 11.0 Å². The molecule has 2 aromatic rings. The van der Waals surface area contributed by atoms with E-state index in [2.05, 4.69) is 25.0 Å². The number of nitrogens with zero attached hydrogens (tertiary/aromatic N) is 3. The summed E-state index contributed by atoms with van der Waals surface area (Å²) in [5, 5.41) is 6.35. The molecule has 0 fully saturated rings. The van der Waals surface area contributed by atoms with Crippen LogP contribution in [0.3, 0.4) is 0 Å². The molecule has 4 N–H and O–H groups in total. The standard InChI is InChI=1S/C9H12N6O3/c1-2-15-7(10)6(8(16)13-9(15)17)11-3-5-12-4-18-14-5/h4,11H,2-3,10H2,1H3,(H,13,16,17). The van der Waals surface area contributed by atoms with E-state index in [1.807, 2.05) is 0 Å². The van der Waals surface area contributed by atoms with Crippen molar-refractivity contribution in [3.05, 3.63) is 33.1 Å². The van der Waals surface area contributed by atoms with E-state index in [9.17, 15) is 9.59 Å². The number of hydrogen-bond donors (Lipinski definition) is 3. The number of nitrogens with two attached hydrogens (primary N) is 1. The molecule has 9 nitrogen and oxygen atoms in total. The number of rotatable bonds is 4. The minimum absolute atomic E-state index is 0.0785. The van der Waals surface area contributed by atoms with Crippen molar-refractivity contribution < 1.29 is 4.52 Å². The van der Waals surface area contributed by atoms with Crippen molar-refractivity contribution >= 4 is 11.5 Å². The molecule has 0 aliphatic carbocycles. The lowest BCUT2D eigenvalue weighted by Crippen LogP contribution is -2.33. The Labute approximate surface area is 101 Å². The Morgan fingerprint density at radius 3 is 2.94 bits per heavy atom. The van der Waals surface area contributed by atoms with E-state index >= 15 is 0 Å². The second kappa shape index (κ2) is 4.73. The summed E-state index contributed by atoms with van der Waals surface area (Å²) >= 11 is 0. The minimum atomic E-state index is -0.578. The van der Waals surface area contributed by atoms with Gasteiger partial charge in [0.25, 0.3) is 5.56 Å². The van der Waals surface area contributed by atoms with Crippen LogP contribution in [0.4, 0.5) is 11.5 Å². The lowest BCUT2D eigenvalue weighted by molar-refractivity contribution is 0.411. The van der Waals surface area contributed by atoms with Gasteiger partial charge in [-0.15, -0.1) is 0 Å². The van der Waals surface area contributed by atoms with Gasteiger partial charge in [0.1, 0.15) is 11.5 Å². The zero-order valence-electron chi connectivity index (χ0n) is 9.64. The summed E-state index contributed by atoms with van der Waals surface area (Å²) in [4.78, 5) is 29.0. The largest absolute Gasteiger partial charge is 0.383 e. The Hall–Kier alpha value is -2.58. The summed E-state index contributed by atoms with van der Waals surface area (Å²) in [6.07, 6.45) is 1.18. The van der Waals surface area contributed by atoms with E-state index in [-0.39, 0.29) is 18.1 Å². The first-order chi connectivity index (χ1) is 8.63. The van der Waals surface area contributed by atoms with Gasteiger partial charge >= 0.3 is 5.69 Å². The Balaban J connectivity index is 2.33. The van der Waals surface area contributed by atoms with E-state index in [0.29, 0.717) is 12.4 Å². The monoisotopic (exact) mass is 252 g/mol. The molecule has 96 valence electrons. The summed E-state index contributed by atoms with van der Waals surface area (Å²) < 4.78 is 5.80. The van der Waals surface area contributed by atoms with Gasteiger partial charge in [-0.05, 0) is 6.92 Å². The van der Waals surface area contributed by atoms with Crippen LogP contribution in [0.1, 0.15) is 12.7 Å². The molecule has 0 spiro atoms. The maximum atomic E-state index is 11.6. The van der Waals surface area contributed by atoms with Crippen molar-refractivity contribution in [2.45, 2.75) is 20.0 Å². The smallest absolute Gasteiger partial charge is 0.330 e. The minimum Gasteiger partial charge on any atom is -0.383 e. The van der Waals surface area contributed by atoms with Gasteiger partial charge in [-0.1, -0.05) is 5.16 Å². The molecule has 18 heavy (non-hydrogen) atoms. The molecule has 0 aliphatic rings. The fraction of sp³-hybridized carbons (Fsp3) is 0.333. The topological polar surface area (TPSA) is 132 Å². The van der Waals surface area contributed by atoms with Crippen molar-refractivity contribution in [1.29, 1.82) is 0 Å². The van der Waals surface area contributed by atoms with Gasteiger partial charge < -0.3 is 15.6 Å². The van der Waals surface area contributed by atoms with Crippen molar-refractivity contribution in [3.63, 3.8) is 0 Å². The fourth-order valence-electron chi connectivity index (χ4n) is 1.51. The van der Waals surface area contributed by atoms with Gasteiger partial charge in [-0.25, -0.2) is 4.79 Å². The molecule has 2 heterocycles. The van der Waals surface area contributed by atoms with Gasteiger partial charge in [-0.3, -0.25) is 14.3 Å². The third kappa shape index (κ3) is 2.10. The quantitative estimate of drug-likeness (QED) is 0.644. The molecule has 0 saturated carbocycles. The predicted octanol–water partition coefficient (Wildman–Crippen LogP) is -0.866. The number of nitrogens with one attached hydrogen (secondary N) is 2. The van der Waals surface area contributed by atoms with E-state index < -0.39 is 11.2 Å². The number of hydrogen-bond acceptors (Lipinski definition) is 7. The van der Waals surface area contributed by atoms with E-state index in [1.54, 1.807) is 6.92 Å². The molecule has 0 radical (unpaired) electrons. The SMILES string of the molecule is CCn1c(N)c(NCc2ncon2)c(=O)[nH]c1=O. The molecule has 0 unspecified atom stereocenters. The number of anilines is 2. The molecule has 2 aromatic heterocycles. The average molecular weight is 252 g/mol. The van der Waals surface area contributed by atoms with Crippen LogP contribution >= 0.6 is 0 Å². The second-order valence-corrected chi connectivity index (χ2v) is 3.46. The highest BCUT2D eigenvalue weighted by Crippen LogP contribution is 2.10. The van der Waals surface area contributed by atoms with Crippen LogP contribution in [0.25, 0.3) is 0 Å². The summed E-state index contributed by atoms with van der Waals surface area (Å²) in [6, 6.07) is 0. The van der Waals surface area contributed by atoms with E-state index in [4.69, 9.17) is 5.73 Å². The fourth-order valence-corrected chi connectivity index (χ4v) is 1.51. The van der Waals surface area contributed by atoms with E-state index in [0.717, 1.165) is 0 Å². The lowest BCUT2D eigenvalue weighted by Gasteiger charge is -2.11. The highest BCUT2D eigenvalue weighted by molar-refractivity contribution is 5.60. The first-order valence-corrected chi connectivity index (χ1v) is 5.25. The Bertz CT molecular complexity index is 641. The summed E-state index contributed by atoms with van der Waals surface area (Å²) in [5.41, 5.74) is 4.75. The van der Waals surface area contributed by atoms with Gasteiger partial charge in [-0.2, -0.15) is 4.98 Å². The molecule has 0 saturated heterocycles. The highest BCUT2D eigenvalue weighted by Gasteiger charge is 2.11. The maximum Gasteiger partial charge on any atom is 0.330 e. The average Bonchev–Trinajstić information content (AvgIpc) is 2.81. The third-order valence-corrected chi connectivity index (χ3v) is 2.39. The van der Waals surface area contributed by atoms with Crippen molar-refractivity contribution in [2.24, 2.45) is 0 Å². The number of nitrogen functional groups attached to an aromatic ring is 1. The first kappa shape index (κ1) is 11.9. The zero-order chi connectivity index (χ0) is 13.1. The molecule has 0 aromatic carbocycles. The van der Waals surface area contributed by atoms with Crippen LogP contribution in [0.5, 0.6) is 0 Å². The molecule has 2 rings (SSSR count). The number of H-pyrrole nitrogens is 1. The molecule has 0 aliphatic heterocycles. The van der Waals surface area contributed by atoms with Crippen molar-refractivity contribution in [2.75, 3.05) is 11.1 Å². The van der Waals surface area contributed by atoms with Crippen LogP contribution in [0.2, 0.25) is 0 Å². The van der Waals surface area contributed by atoms with Crippen LogP contribution in [-0.2, 0) is 13.1 Å². The van der Waals surface area contributed by atoms with Crippen LogP contribution in [0.15, 0.2) is 20.5 Å². The van der Waals surface area contributed by atoms with Gasteiger partial charge in [0.15, 0.2) is 5.82 Å². The van der Waals surface area contributed by atoms with Crippen molar-refractivity contribution in [1.82, 2.24) is 19.7 Å². The first-order valence-electron chi connectivity index (χ1n) is 5.25. The molecule has 0 atom stereocenters. The molecule has 9 heteroatoms. The molecule has 0 amide bonds. The van der Waals surface area contributed by atoms with Gasteiger partial charge in [0.05, 0.1) is 6.54 Å². The lowest BCUT2D eigenvalue weighted by atomic mass is 10.4. The molecular weight excluding hydrogens is 240 g/mol. The highest BCUT2D eigenvalue weighted by atomic mass is 16.5.